The Balaban J connectivity index is 2.10. The largest absolute Gasteiger partial charge is 0.404 e. The number of aryl methyl sites for hydroxylation is 1. The van der Waals surface area contributed by atoms with E-state index >= 15 is 0 Å². The molecule has 1 aromatic heterocycles. The predicted octanol–water partition coefficient (Wildman–Crippen LogP) is 3.98. The summed E-state index contributed by atoms with van der Waals surface area (Å²) < 4.78 is 36.5. The molecule has 0 radical (unpaired) electrons. The number of hydrogen-bond donors (Lipinski definition) is 0. The Morgan fingerprint density at radius 3 is 1.84 bits per heavy atom. The Bertz CT molecular complexity index is 1070. The Hall–Kier alpha value is -2.32. The molecule has 0 amide bonds. The number of benzene rings is 2. The van der Waals surface area contributed by atoms with Crippen LogP contribution in [-0.2, 0) is 18.7 Å². The molecule has 0 fully saturated rings. The van der Waals surface area contributed by atoms with Gasteiger partial charge in [0.25, 0.3) is 18.4 Å². The summed E-state index contributed by atoms with van der Waals surface area (Å²) in [6.07, 6.45) is 1.92. The summed E-state index contributed by atoms with van der Waals surface area (Å²) in [5.41, 5.74) is 1.51. The molecule has 0 saturated heterocycles. The molecular formula is C25H31NO4SSi. The molecule has 3 rings (SSSR count). The van der Waals surface area contributed by atoms with E-state index in [0.717, 1.165) is 22.3 Å². The topological polar surface area (TPSA) is 65.5 Å². The Kier molecular flexibility index (Phi) is 7.35. The van der Waals surface area contributed by atoms with Gasteiger partial charge in [-0.2, -0.15) is 8.42 Å². The van der Waals surface area contributed by atoms with E-state index in [9.17, 15) is 8.42 Å². The summed E-state index contributed by atoms with van der Waals surface area (Å²) in [5.74, 6) is 0. The number of aromatic nitrogens is 1. The van der Waals surface area contributed by atoms with Crippen LogP contribution in [0.2, 0.25) is 5.04 Å². The molecule has 2 aromatic carbocycles. The van der Waals surface area contributed by atoms with E-state index in [2.05, 4.69) is 50.0 Å². The van der Waals surface area contributed by atoms with Crippen LogP contribution in [0, 0.1) is 6.92 Å². The molecule has 170 valence electrons. The van der Waals surface area contributed by atoms with E-state index in [1.54, 1.807) is 6.20 Å². The van der Waals surface area contributed by atoms with Gasteiger partial charge in [-0.1, -0.05) is 87.5 Å². The van der Waals surface area contributed by atoms with Crippen LogP contribution in [-0.4, -0.2) is 34.6 Å². The highest BCUT2D eigenvalue weighted by molar-refractivity contribution is 7.86. The normalized spacial score (nSPS) is 13.7. The molecule has 1 unspecified atom stereocenters. The van der Waals surface area contributed by atoms with E-state index in [-0.39, 0.29) is 11.6 Å². The Morgan fingerprint density at radius 2 is 1.44 bits per heavy atom. The molecule has 0 saturated carbocycles. The zero-order valence-electron chi connectivity index (χ0n) is 19.3. The molecule has 7 heteroatoms. The summed E-state index contributed by atoms with van der Waals surface area (Å²) in [6.45, 7) is 8.51. The third-order valence-corrected chi connectivity index (χ3v) is 11.1. The van der Waals surface area contributed by atoms with Crippen molar-refractivity contribution in [2.45, 2.75) is 38.8 Å². The van der Waals surface area contributed by atoms with E-state index in [0.29, 0.717) is 5.56 Å². The lowest BCUT2D eigenvalue weighted by atomic mass is 10.2. The molecule has 0 aliphatic carbocycles. The van der Waals surface area contributed by atoms with Gasteiger partial charge in [-0.25, -0.2) is 0 Å². The average molecular weight is 470 g/mol. The van der Waals surface area contributed by atoms with E-state index in [1.807, 2.05) is 55.5 Å². The Morgan fingerprint density at radius 1 is 0.906 bits per heavy atom. The number of nitrogens with zero attached hydrogens (tertiary/aromatic N) is 1. The van der Waals surface area contributed by atoms with Crippen molar-refractivity contribution >= 4 is 28.8 Å². The van der Waals surface area contributed by atoms with Crippen molar-refractivity contribution in [3.05, 3.63) is 90.3 Å². The fourth-order valence-electron chi connectivity index (χ4n) is 4.02. The zero-order valence-corrected chi connectivity index (χ0v) is 21.1. The van der Waals surface area contributed by atoms with Crippen molar-refractivity contribution < 1.29 is 17.0 Å². The van der Waals surface area contributed by atoms with Gasteiger partial charge in [0, 0.05) is 17.5 Å². The smallest absolute Gasteiger partial charge is 0.265 e. The molecule has 3 aromatic rings. The molecule has 0 N–H and O–H groups in total. The molecule has 0 spiro atoms. The Labute approximate surface area is 192 Å². The standard InChI is InChI=1S/C25H31NO4SSi/c1-20-16-17-21(18-26-20)24(30-31(5,27)28)19-29-32(25(2,3)4,22-12-8-6-9-13-22)23-14-10-7-11-15-23/h6-18,24H,19H2,1-5H3. The average Bonchev–Trinajstić information content (AvgIpc) is 2.74. The van der Waals surface area contributed by atoms with E-state index in [4.69, 9.17) is 8.61 Å². The summed E-state index contributed by atoms with van der Waals surface area (Å²) in [6, 6.07) is 24.1. The number of hydrogen-bond acceptors (Lipinski definition) is 5. The minimum atomic E-state index is -3.71. The third kappa shape index (κ3) is 5.53. The van der Waals surface area contributed by atoms with Gasteiger partial charge in [0.05, 0.1) is 12.9 Å². The van der Waals surface area contributed by atoms with Crippen molar-refractivity contribution in [3.8, 4) is 0 Å². The van der Waals surface area contributed by atoms with Crippen molar-refractivity contribution in [1.29, 1.82) is 0 Å². The van der Waals surface area contributed by atoms with Crippen LogP contribution in [0.15, 0.2) is 79.0 Å². The molecular weight excluding hydrogens is 438 g/mol. The first-order chi connectivity index (χ1) is 15.0. The van der Waals surface area contributed by atoms with Crippen LogP contribution in [0.4, 0.5) is 0 Å². The van der Waals surface area contributed by atoms with E-state index in [1.165, 1.54) is 0 Å². The number of pyridine rings is 1. The van der Waals surface area contributed by atoms with Crippen molar-refractivity contribution in [2.24, 2.45) is 0 Å². The van der Waals surface area contributed by atoms with Gasteiger partial charge in [0.15, 0.2) is 0 Å². The van der Waals surface area contributed by atoms with Crippen LogP contribution in [0.3, 0.4) is 0 Å². The zero-order chi connectivity index (χ0) is 23.4. The third-order valence-electron chi connectivity index (χ3n) is 5.47. The van der Waals surface area contributed by atoms with Gasteiger partial charge >= 0.3 is 0 Å². The highest BCUT2D eigenvalue weighted by atomic mass is 32.2. The maximum atomic E-state index is 12.1. The quantitative estimate of drug-likeness (QED) is 0.369. The lowest BCUT2D eigenvalue weighted by Crippen LogP contribution is -2.66. The van der Waals surface area contributed by atoms with Crippen LogP contribution < -0.4 is 10.4 Å². The maximum Gasteiger partial charge on any atom is 0.265 e. The molecule has 32 heavy (non-hydrogen) atoms. The number of rotatable bonds is 8. The molecule has 0 aliphatic heterocycles. The predicted molar refractivity (Wildman–Crippen MR) is 131 cm³/mol. The second-order valence-corrected chi connectivity index (χ2v) is 14.9. The van der Waals surface area contributed by atoms with Crippen molar-refractivity contribution in [3.63, 3.8) is 0 Å². The van der Waals surface area contributed by atoms with Crippen LogP contribution in [0.5, 0.6) is 0 Å². The van der Waals surface area contributed by atoms with Gasteiger partial charge in [-0.3, -0.25) is 9.17 Å². The maximum absolute atomic E-state index is 12.1. The van der Waals surface area contributed by atoms with Crippen LogP contribution in [0.25, 0.3) is 0 Å². The lowest BCUT2D eigenvalue weighted by Gasteiger charge is -2.43. The second-order valence-electron chi connectivity index (χ2n) is 9.00. The molecule has 0 aliphatic rings. The highest BCUT2D eigenvalue weighted by Gasteiger charge is 2.50. The highest BCUT2D eigenvalue weighted by Crippen LogP contribution is 2.37. The fraction of sp³-hybridized carbons (Fsp3) is 0.320. The van der Waals surface area contributed by atoms with Gasteiger partial charge in [-0.15, -0.1) is 0 Å². The van der Waals surface area contributed by atoms with Gasteiger partial charge in [0.2, 0.25) is 0 Å². The van der Waals surface area contributed by atoms with Gasteiger partial charge < -0.3 is 4.43 Å². The van der Waals surface area contributed by atoms with Crippen molar-refractivity contribution in [2.75, 3.05) is 12.9 Å². The summed E-state index contributed by atoms with van der Waals surface area (Å²) in [4.78, 5) is 4.32. The van der Waals surface area contributed by atoms with Gasteiger partial charge in [-0.05, 0) is 28.4 Å². The van der Waals surface area contributed by atoms with E-state index < -0.39 is 24.5 Å². The minimum absolute atomic E-state index is 0.0884. The first-order valence-electron chi connectivity index (χ1n) is 10.6. The molecule has 5 nitrogen and oxygen atoms in total. The summed E-state index contributed by atoms with van der Waals surface area (Å²) in [5, 5.41) is 2.02. The summed E-state index contributed by atoms with van der Waals surface area (Å²) >= 11 is 0. The molecule has 1 atom stereocenters. The van der Waals surface area contributed by atoms with Crippen LogP contribution >= 0.6 is 0 Å². The fourth-order valence-corrected chi connectivity index (χ4v) is 9.17. The first kappa shape index (κ1) is 24.3. The molecule has 1 heterocycles. The minimum Gasteiger partial charge on any atom is -0.404 e. The second kappa shape index (κ2) is 9.66. The van der Waals surface area contributed by atoms with Crippen molar-refractivity contribution in [1.82, 2.24) is 4.98 Å². The lowest BCUT2D eigenvalue weighted by molar-refractivity contribution is 0.130. The SMILES string of the molecule is Cc1ccc(C(CO[Si](c2ccccc2)(c2ccccc2)C(C)(C)C)OS(C)(=O)=O)cn1. The van der Waals surface area contributed by atoms with Gasteiger partial charge in [0.1, 0.15) is 6.10 Å². The van der Waals surface area contributed by atoms with Crippen LogP contribution in [0.1, 0.15) is 38.1 Å². The summed E-state index contributed by atoms with van der Waals surface area (Å²) in [7, 11) is -6.53. The first-order valence-corrected chi connectivity index (χ1v) is 14.3. The monoisotopic (exact) mass is 469 g/mol. The molecule has 0 bridgehead atoms.